The number of nitrogens with one attached hydrogen (secondary N) is 1. The summed E-state index contributed by atoms with van der Waals surface area (Å²) in [5.41, 5.74) is 1.50. The average molecular weight is 269 g/mol. The molecule has 1 N–H and O–H groups in total. The highest BCUT2D eigenvalue weighted by molar-refractivity contribution is 5.16. The van der Waals surface area contributed by atoms with E-state index in [1.807, 2.05) is 6.07 Å². The topological polar surface area (TPSA) is 29.9 Å². The molecule has 1 heterocycles. The van der Waals surface area contributed by atoms with Crippen molar-refractivity contribution in [3.05, 3.63) is 53.6 Å². The molecule has 0 saturated heterocycles. The highest BCUT2D eigenvalue weighted by Crippen LogP contribution is 2.04. The SMILES string of the molecule is Fc1cccc(CNCc2ccn(CC(F)F)n2)c1. The molecule has 3 nitrogen and oxygen atoms in total. The summed E-state index contributed by atoms with van der Waals surface area (Å²) in [6, 6.07) is 7.97. The molecule has 19 heavy (non-hydrogen) atoms. The van der Waals surface area contributed by atoms with E-state index in [1.54, 1.807) is 12.1 Å². The van der Waals surface area contributed by atoms with Gasteiger partial charge >= 0.3 is 0 Å². The van der Waals surface area contributed by atoms with Crippen LogP contribution in [0.25, 0.3) is 0 Å². The number of halogens is 3. The first-order valence-corrected chi connectivity index (χ1v) is 5.89. The molecule has 102 valence electrons. The van der Waals surface area contributed by atoms with Crippen LogP contribution in [-0.2, 0) is 19.6 Å². The summed E-state index contributed by atoms with van der Waals surface area (Å²) in [7, 11) is 0. The normalized spacial score (nSPS) is 11.2. The summed E-state index contributed by atoms with van der Waals surface area (Å²) in [6.45, 7) is 0.552. The molecule has 0 spiro atoms. The third-order valence-electron chi connectivity index (χ3n) is 2.55. The van der Waals surface area contributed by atoms with E-state index in [2.05, 4.69) is 10.4 Å². The lowest BCUT2D eigenvalue weighted by molar-refractivity contribution is 0.121. The van der Waals surface area contributed by atoms with E-state index in [0.29, 0.717) is 18.8 Å². The minimum Gasteiger partial charge on any atom is -0.307 e. The van der Waals surface area contributed by atoms with E-state index in [9.17, 15) is 13.2 Å². The zero-order valence-electron chi connectivity index (χ0n) is 10.2. The van der Waals surface area contributed by atoms with Gasteiger partial charge < -0.3 is 5.32 Å². The predicted octanol–water partition coefficient (Wildman–Crippen LogP) is 2.58. The van der Waals surface area contributed by atoms with Crippen molar-refractivity contribution in [2.24, 2.45) is 0 Å². The molecule has 0 aliphatic carbocycles. The summed E-state index contributed by atoms with van der Waals surface area (Å²) in [5.74, 6) is -0.277. The van der Waals surface area contributed by atoms with Crippen molar-refractivity contribution < 1.29 is 13.2 Å². The van der Waals surface area contributed by atoms with Crippen LogP contribution in [0.5, 0.6) is 0 Å². The lowest BCUT2D eigenvalue weighted by Gasteiger charge is -2.03. The largest absolute Gasteiger partial charge is 0.307 e. The molecule has 0 amide bonds. The Bertz CT molecular complexity index is 525. The minimum absolute atomic E-state index is 0.277. The molecule has 1 aromatic carbocycles. The summed E-state index contributed by atoms with van der Waals surface area (Å²) < 4.78 is 38.4. The number of hydrogen-bond acceptors (Lipinski definition) is 2. The quantitative estimate of drug-likeness (QED) is 0.873. The predicted molar refractivity (Wildman–Crippen MR) is 65.2 cm³/mol. The van der Waals surface area contributed by atoms with Crippen LogP contribution in [0.3, 0.4) is 0 Å². The Morgan fingerprint density at radius 2 is 2.05 bits per heavy atom. The summed E-state index contributed by atoms with van der Waals surface area (Å²) >= 11 is 0. The monoisotopic (exact) mass is 269 g/mol. The van der Waals surface area contributed by atoms with Gasteiger partial charge in [0.05, 0.1) is 5.69 Å². The maximum atomic E-state index is 12.9. The maximum Gasteiger partial charge on any atom is 0.257 e. The Morgan fingerprint density at radius 3 is 2.79 bits per heavy atom. The van der Waals surface area contributed by atoms with Crippen LogP contribution in [-0.4, -0.2) is 16.2 Å². The van der Waals surface area contributed by atoms with Crippen molar-refractivity contribution in [2.75, 3.05) is 0 Å². The van der Waals surface area contributed by atoms with Crippen LogP contribution in [0, 0.1) is 5.82 Å². The third-order valence-corrected chi connectivity index (χ3v) is 2.55. The van der Waals surface area contributed by atoms with Gasteiger partial charge in [0.15, 0.2) is 0 Å². The second-order valence-corrected chi connectivity index (χ2v) is 4.15. The number of benzene rings is 1. The zero-order chi connectivity index (χ0) is 13.7. The Kier molecular flexibility index (Phi) is 4.57. The highest BCUT2D eigenvalue weighted by atomic mass is 19.3. The van der Waals surface area contributed by atoms with Gasteiger partial charge in [0.2, 0.25) is 0 Å². The van der Waals surface area contributed by atoms with Crippen molar-refractivity contribution >= 4 is 0 Å². The first kappa shape index (κ1) is 13.6. The first-order chi connectivity index (χ1) is 9.13. The molecule has 2 rings (SSSR count). The summed E-state index contributed by atoms with van der Waals surface area (Å²) in [5, 5.41) is 7.08. The van der Waals surface area contributed by atoms with Crippen LogP contribution in [0.2, 0.25) is 0 Å². The molecular formula is C13H14F3N3. The molecule has 1 aromatic heterocycles. The Hall–Kier alpha value is -1.82. The number of alkyl halides is 2. The number of aromatic nitrogens is 2. The third kappa shape index (κ3) is 4.40. The van der Waals surface area contributed by atoms with Gasteiger partial charge in [0.25, 0.3) is 6.43 Å². The van der Waals surface area contributed by atoms with E-state index >= 15 is 0 Å². The van der Waals surface area contributed by atoms with Crippen LogP contribution in [0.1, 0.15) is 11.3 Å². The second kappa shape index (κ2) is 6.38. The van der Waals surface area contributed by atoms with Gasteiger partial charge in [-0.3, -0.25) is 4.68 Å². The molecule has 0 atom stereocenters. The second-order valence-electron chi connectivity index (χ2n) is 4.15. The Labute approximate surface area is 109 Å². The van der Waals surface area contributed by atoms with Crippen LogP contribution < -0.4 is 5.32 Å². The van der Waals surface area contributed by atoms with Crippen molar-refractivity contribution in [1.82, 2.24) is 15.1 Å². The van der Waals surface area contributed by atoms with Gasteiger partial charge in [0, 0.05) is 19.3 Å². The molecular weight excluding hydrogens is 255 g/mol. The highest BCUT2D eigenvalue weighted by Gasteiger charge is 2.05. The van der Waals surface area contributed by atoms with Crippen molar-refractivity contribution in [1.29, 1.82) is 0 Å². The lowest BCUT2D eigenvalue weighted by atomic mass is 10.2. The van der Waals surface area contributed by atoms with Crippen molar-refractivity contribution in [3.63, 3.8) is 0 Å². The molecule has 0 bridgehead atoms. The van der Waals surface area contributed by atoms with Crippen LogP contribution in [0.15, 0.2) is 36.5 Å². The van der Waals surface area contributed by atoms with Gasteiger partial charge in [-0.05, 0) is 23.8 Å². The van der Waals surface area contributed by atoms with Gasteiger partial charge in [-0.1, -0.05) is 12.1 Å². The molecule has 0 radical (unpaired) electrons. The molecule has 0 aliphatic heterocycles. The Balaban J connectivity index is 1.81. The van der Waals surface area contributed by atoms with E-state index in [1.165, 1.54) is 23.0 Å². The fourth-order valence-corrected chi connectivity index (χ4v) is 1.72. The molecule has 0 unspecified atom stereocenters. The summed E-state index contributed by atoms with van der Waals surface area (Å²) in [6.07, 6.45) is -0.890. The van der Waals surface area contributed by atoms with Gasteiger partial charge in [-0.15, -0.1) is 0 Å². The standard InChI is InChI=1S/C13H14F3N3/c14-11-3-1-2-10(6-11)7-17-8-12-4-5-19(18-12)9-13(15)16/h1-6,13,17H,7-9H2. The smallest absolute Gasteiger partial charge is 0.257 e. The molecule has 0 saturated carbocycles. The molecule has 2 aromatic rings. The number of nitrogens with zero attached hydrogens (tertiary/aromatic N) is 2. The fraction of sp³-hybridized carbons (Fsp3) is 0.308. The van der Waals surface area contributed by atoms with Gasteiger partial charge in [0.1, 0.15) is 12.4 Å². The lowest BCUT2D eigenvalue weighted by Crippen LogP contribution is -2.14. The van der Waals surface area contributed by atoms with Gasteiger partial charge in [-0.25, -0.2) is 13.2 Å². The minimum atomic E-state index is -2.41. The van der Waals surface area contributed by atoms with E-state index < -0.39 is 13.0 Å². The number of hydrogen-bond donors (Lipinski definition) is 1. The zero-order valence-corrected chi connectivity index (χ0v) is 10.2. The molecule has 6 heteroatoms. The molecule has 0 aliphatic rings. The van der Waals surface area contributed by atoms with E-state index in [4.69, 9.17) is 0 Å². The average Bonchev–Trinajstić information content (AvgIpc) is 2.76. The fourth-order valence-electron chi connectivity index (χ4n) is 1.72. The summed E-state index contributed by atoms with van der Waals surface area (Å²) in [4.78, 5) is 0. The van der Waals surface area contributed by atoms with E-state index in [0.717, 1.165) is 5.56 Å². The first-order valence-electron chi connectivity index (χ1n) is 5.89. The Morgan fingerprint density at radius 1 is 1.21 bits per heavy atom. The van der Waals surface area contributed by atoms with Crippen LogP contribution in [0.4, 0.5) is 13.2 Å². The van der Waals surface area contributed by atoms with Crippen LogP contribution >= 0.6 is 0 Å². The van der Waals surface area contributed by atoms with Gasteiger partial charge in [-0.2, -0.15) is 5.10 Å². The van der Waals surface area contributed by atoms with Crippen molar-refractivity contribution in [2.45, 2.75) is 26.1 Å². The van der Waals surface area contributed by atoms with Crippen molar-refractivity contribution in [3.8, 4) is 0 Å². The number of rotatable bonds is 6. The molecule has 0 fully saturated rings. The maximum absolute atomic E-state index is 12.9. The van der Waals surface area contributed by atoms with E-state index in [-0.39, 0.29) is 5.82 Å².